The van der Waals surface area contributed by atoms with E-state index in [0.717, 1.165) is 18.8 Å². The van der Waals surface area contributed by atoms with Gasteiger partial charge in [0.25, 0.3) is 0 Å². The Bertz CT molecular complexity index is 610. The number of hydrogen-bond donors (Lipinski definition) is 0. The number of hydrogen-bond acceptors (Lipinski definition) is 3. The molecule has 27 heavy (non-hydrogen) atoms. The number of nitrogens with zero attached hydrogens (tertiary/aromatic N) is 1. The summed E-state index contributed by atoms with van der Waals surface area (Å²) in [6, 6.07) is 8.89. The van der Waals surface area contributed by atoms with Gasteiger partial charge in [-0.25, -0.2) is 4.79 Å². The van der Waals surface area contributed by atoms with E-state index in [1.807, 2.05) is 25.1 Å². The Kier molecular flexibility index (Phi) is 8.80. The predicted octanol–water partition coefficient (Wildman–Crippen LogP) is 5.13. The highest BCUT2D eigenvalue weighted by Crippen LogP contribution is 2.37. The molecule has 0 aliphatic heterocycles. The maximum Gasteiger partial charge on any atom is 0.334 e. The highest BCUT2D eigenvalue weighted by molar-refractivity contribution is 5.88. The molecule has 1 fully saturated rings. The maximum atomic E-state index is 11.9. The third-order valence-electron chi connectivity index (χ3n) is 5.50. The summed E-state index contributed by atoms with van der Waals surface area (Å²) in [5, 5.41) is 0. The Hall–Kier alpha value is -1.87. The lowest BCUT2D eigenvalue weighted by molar-refractivity contribution is -0.139. The van der Waals surface area contributed by atoms with Gasteiger partial charge in [-0.15, -0.1) is 6.58 Å². The monoisotopic (exact) mass is 369 g/mol. The zero-order valence-electron chi connectivity index (χ0n) is 17.1. The van der Waals surface area contributed by atoms with Crippen molar-refractivity contribution in [1.29, 1.82) is 0 Å². The Morgan fingerprint density at radius 3 is 2.44 bits per heavy atom. The van der Waals surface area contributed by atoms with Gasteiger partial charge in [0.1, 0.15) is 0 Å². The summed E-state index contributed by atoms with van der Waals surface area (Å²) in [5.41, 5.74) is 3.17. The molecule has 1 aromatic carbocycles. The summed E-state index contributed by atoms with van der Waals surface area (Å²) in [6.45, 7) is 8.55. The van der Waals surface area contributed by atoms with Gasteiger partial charge >= 0.3 is 5.97 Å². The fourth-order valence-corrected chi connectivity index (χ4v) is 3.90. The highest BCUT2D eigenvalue weighted by Gasteiger charge is 2.21. The molecule has 3 nitrogen and oxygen atoms in total. The Morgan fingerprint density at radius 1 is 1.19 bits per heavy atom. The first-order valence-corrected chi connectivity index (χ1v) is 10.2. The fourth-order valence-electron chi connectivity index (χ4n) is 3.90. The third kappa shape index (κ3) is 7.34. The summed E-state index contributed by atoms with van der Waals surface area (Å²) in [6.07, 6.45) is 10.5. The second kappa shape index (κ2) is 11.1. The van der Waals surface area contributed by atoms with E-state index < -0.39 is 0 Å². The molecule has 0 bridgehead atoms. The summed E-state index contributed by atoms with van der Waals surface area (Å²) in [7, 11) is 3.82. The number of esters is 1. The van der Waals surface area contributed by atoms with Gasteiger partial charge in [0.05, 0.1) is 6.61 Å². The zero-order valence-corrected chi connectivity index (χ0v) is 17.1. The molecule has 148 valence electrons. The van der Waals surface area contributed by atoms with Crippen LogP contribution in [0.2, 0.25) is 0 Å². The molecule has 0 atom stereocenters. The first-order valence-electron chi connectivity index (χ1n) is 10.2. The van der Waals surface area contributed by atoms with Gasteiger partial charge in [-0.1, -0.05) is 36.9 Å². The Balaban J connectivity index is 1.73. The topological polar surface area (TPSA) is 29.5 Å². The van der Waals surface area contributed by atoms with Crippen molar-refractivity contribution in [2.75, 3.05) is 27.2 Å². The number of allylic oxidation sites excluding steroid dienone is 1. The van der Waals surface area contributed by atoms with Crippen molar-refractivity contribution in [3.05, 3.63) is 60.2 Å². The molecule has 1 aliphatic rings. The molecular formula is C24H35NO2. The van der Waals surface area contributed by atoms with Crippen LogP contribution >= 0.6 is 0 Å². The molecule has 1 saturated carbocycles. The Morgan fingerprint density at radius 2 is 1.85 bits per heavy atom. The molecular weight excluding hydrogens is 334 g/mol. The van der Waals surface area contributed by atoms with E-state index >= 15 is 0 Å². The van der Waals surface area contributed by atoms with Crippen LogP contribution in [0.5, 0.6) is 0 Å². The van der Waals surface area contributed by atoms with Crippen molar-refractivity contribution in [3.8, 4) is 0 Å². The summed E-state index contributed by atoms with van der Waals surface area (Å²) >= 11 is 0. The number of carbonyl (C=O) groups excluding carboxylic acids is 1. The highest BCUT2D eigenvalue weighted by atomic mass is 16.5. The average Bonchev–Trinajstić information content (AvgIpc) is 2.66. The van der Waals surface area contributed by atoms with Gasteiger partial charge in [0.2, 0.25) is 0 Å². The number of rotatable bonds is 10. The molecule has 2 rings (SSSR count). The first-order chi connectivity index (χ1) is 13.0. The van der Waals surface area contributed by atoms with Crippen molar-refractivity contribution in [2.45, 2.75) is 50.9 Å². The minimum Gasteiger partial charge on any atom is -0.462 e. The summed E-state index contributed by atoms with van der Waals surface area (Å²) in [5.74, 6) is 1.29. The maximum absolute atomic E-state index is 11.9. The smallest absolute Gasteiger partial charge is 0.334 e. The van der Waals surface area contributed by atoms with E-state index in [0.29, 0.717) is 24.6 Å². The summed E-state index contributed by atoms with van der Waals surface area (Å²) < 4.78 is 5.33. The largest absolute Gasteiger partial charge is 0.462 e. The van der Waals surface area contributed by atoms with Crippen molar-refractivity contribution in [2.24, 2.45) is 5.92 Å². The van der Waals surface area contributed by atoms with Crippen LogP contribution < -0.4 is 0 Å². The molecule has 0 aromatic heterocycles. The van der Waals surface area contributed by atoms with E-state index in [1.54, 1.807) is 0 Å². The van der Waals surface area contributed by atoms with E-state index in [1.165, 1.54) is 43.2 Å². The molecule has 0 unspecified atom stereocenters. The summed E-state index contributed by atoms with van der Waals surface area (Å²) in [4.78, 5) is 13.8. The molecule has 3 heteroatoms. The minimum atomic E-state index is -0.298. The second-order valence-corrected chi connectivity index (χ2v) is 8.05. The van der Waals surface area contributed by atoms with Crippen LogP contribution in [0.4, 0.5) is 0 Å². The van der Waals surface area contributed by atoms with E-state index in [-0.39, 0.29) is 5.97 Å². The van der Waals surface area contributed by atoms with Crippen LogP contribution in [0, 0.1) is 5.92 Å². The molecule has 0 spiro atoms. The first kappa shape index (κ1) is 21.4. The van der Waals surface area contributed by atoms with Crippen LogP contribution in [0.15, 0.2) is 49.1 Å². The van der Waals surface area contributed by atoms with Crippen LogP contribution in [0.3, 0.4) is 0 Å². The number of likely N-dealkylation sites (N-methyl/N-ethyl adjacent to an activating group) is 1. The Labute approximate surface area is 165 Å². The van der Waals surface area contributed by atoms with E-state index in [2.05, 4.69) is 37.4 Å². The van der Waals surface area contributed by atoms with Gasteiger partial charge in [0, 0.05) is 18.5 Å². The lowest BCUT2D eigenvalue weighted by atomic mass is 9.77. The fraction of sp³-hybridized carbons (Fsp3) is 0.542. The van der Waals surface area contributed by atoms with Crippen molar-refractivity contribution < 1.29 is 9.53 Å². The van der Waals surface area contributed by atoms with Gasteiger partial charge in [-0.3, -0.25) is 0 Å². The molecule has 0 N–H and O–H groups in total. The molecule has 0 amide bonds. The molecule has 0 radical (unpaired) electrons. The van der Waals surface area contributed by atoms with Crippen molar-refractivity contribution in [1.82, 2.24) is 4.90 Å². The number of benzene rings is 1. The quantitative estimate of drug-likeness (QED) is 0.325. The van der Waals surface area contributed by atoms with E-state index in [4.69, 9.17) is 4.74 Å². The van der Waals surface area contributed by atoms with Crippen molar-refractivity contribution >= 4 is 5.97 Å². The molecule has 1 aromatic rings. The predicted molar refractivity (Wildman–Crippen MR) is 113 cm³/mol. The van der Waals surface area contributed by atoms with Gasteiger partial charge < -0.3 is 9.64 Å². The van der Waals surface area contributed by atoms with Gasteiger partial charge in [0.15, 0.2) is 0 Å². The number of ether oxygens (including phenoxy) is 1. The minimum absolute atomic E-state index is 0.298. The number of carbonyl (C=O) groups is 1. The van der Waals surface area contributed by atoms with E-state index in [9.17, 15) is 4.79 Å². The van der Waals surface area contributed by atoms with Crippen LogP contribution in [-0.2, 0) is 16.0 Å². The standard InChI is InChI=1S/C24H35NO2/c1-5-6-7-20-8-12-22(13-9-20)23-14-10-21(11-15-23)16-17-27-24(26)19(2)18-25(3)4/h5,10-11,14-15,20,22H,1-2,6-9,12-13,16-18H2,3-4H3. The average molecular weight is 370 g/mol. The van der Waals surface area contributed by atoms with Crippen molar-refractivity contribution in [3.63, 3.8) is 0 Å². The molecule has 0 saturated heterocycles. The normalized spacial score (nSPS) is 19.7. The zero-order chi connectivity index (χ0) is 19.6. The third-order valence-corrected chi connectivity index (χ3v) is 5.50. The molecule has 1 aliphatic carbocycles. The van der Waals surface area contributed by atoms with Crippen LogP contribution in [-0.4, -0.2) is 38.1 Å². The lowest BCUT2D eigenvalue weighted by Crippen LogP contribution is -2.21. The SMILES string of the molecule is C=CCCC1CCC(c2ccc(CCOC(=O)C(=C)CN(C)C)cc2)CC1. The van der Waals surface area contributed by atoms with Gasteiger partial charge in [-0.2, -0.15) is 0 Å². The van der Waals surface area contributed by atoms with Crippen LogP contribution in [0.1, 0.15) is 55.6 Å². The van der Waals surface area contributed by atoms with Crippen LogP contribution in [0.25, 0.3) is 0 Å². The van der Waals surface area contributed by atoms with Gasteiger partial charge in [-0.05, 0) is 75.6 Å². The lowest BCUT2D eigenvalue weighted by Gasteiger charge is -2.28. The second-order valence-electron chi connectivity index (χ2n) is 8.05. The molecule has 0 heterocycles.